The zero-order chi connectivity index (χ0) is 18.2. The zero-order valence-corrected chi connectivity index (χ0v) is 16.5. The van der Waals surface area contributed by atoms with Gasteiger partial charge in [-0.15, -0.1) is 10.2 Å². The number of amides is 1. The van der Waals surface area contributed by atoms with Crippen LogP contribution >= 0.6 is 23.1 Å². The van der Waals surface area contributed by atoms with E-state index in [1.54, 1.807) is 0 Å². The molecule has 0 fully saturated rings. The second-order valence-electron chi connectivity index (χ2n) is 5.82. The van der Waals surface area contributed by atoms with E-state index in [0.29, 0.717) is 23.4 Å². The summed E-state index contributed by atoms with van der Waals surface area (Å²) in [7, 11) is 0. The molecule has 2 N–H and O–H groups in total. The molecule has 0 saturated heterocycles. The van der Waals surface area contributed by atoms with Crippen LogP contribution in [0.15, 0.2) is 28.6 Å². The van der Waals surface area contributed by atoms with Gasteiger partial charge in [0.25, 0.3) is 0 Å². The number of para-hydroxylation sites is 2. The number of anilines is 2. The third kappa shape index (κ3) is 6.21. The maximum atomic E-state index is 11.9. The Labute approximate surface area is 156 Å². The Hall–Kier alpha value is -1.80. The number of thioether (sulfide) groups is 1. The van der Waals surface area contributed by atoms with Gasteiger partial charge in [0.05, 0.1) is 18.0 Å². The van der Waals surface area contributed by atoms with Crippen molar-refractivity contribution < 1.29 is 9.53 Å². The van der Waals surface area contributed by atoms with Crippen molar-refractivity contribution in [2.24, 2.45) is 5.92 Å². The first kappa shape index (κ1) is 19.5. The highest BCUT2D eigenvalue weighted by atomic mass is 32.2. The van der Waals surface area contributed by atoms with Gasteiger partial charge in [-0.1, -0.05) is 49.1 Å². The third-order valence-corrected chi connectivity index (χ3v) is 5.52. The molecule has 1 aromatic heterocycles. The summed E-state index contributed by atoms with van der Waals surface area (Å²) in [5.74, 6) is 1.53. The van der Waals surface area contributed by atoms with E-state index in [0.717, 1.165) is 15.8 Å². The quantitative estimate of drug-likeness (QED) is 0.642. The van der Waals surface area contributed by atoms with Crippen molar-refractivity contribution in [2.45, 2.75) is 38.1 Å². The van der Waals surface area contributed by atoms with Gasteiger partial charge < -0.3 is 15.4 Å². The van der Waals surface area contributed by atoms with Crippen molar-refractivity contribution in [3.63, 3.8) is 0 Å². The lowest BCUT2D eigenvalue weighted by molar-refractivity contribution is -0.119. The molecule has 6 nitrogen and oxygen atoms in total. The molecule has 0 bridgehead atoms. The molecule has 8 heteroatoms. The summed E-state index contributed by atoms with van der Waals surface area (Å²) in [5, 5.41) is 15.1. The number of hydrogen-bond acceptors (Lipinski definition) is 7. The smallest absolute Gasteiger partial charge is 0.230 e. The second kappa shape index (κ2) is 9.62. The molecule has 136 valence electrons. The van der Waals surface area contributed by atoms with Crippen molar-refractivity contribution in [1.29, 1.82) is 0 Å². The number of benzene rings is 1. The second-order valence-corrected chi connectivity index (χ2v) is 8.02. The van der Waals surface area contributed by atoms with Crippen molar-refractivity contribution >= 4 is 39.8 Å². The van der Waals surface area contributed by atoms with Crippen LogP contribution in [0.3, 0.4) is 0 Å². The number of ether oxygens (including phenoxy) is 1. The maximum absolute atomic E-state index is 11.9. The summed E-state index contributed by atoms with van der Waals surface area (Å²) in [6.45, 7) is 8.72. The molecule has 0 radical (unpaired) electrons. The Bertz CT molecular complexity index is 691. The van der Waals surface area contributed by atoms with E-state index in [9.17, 15) is 4.79 Å². The Balaban J connectivity index is 1.89. The molecular formula is C17H24N4O2S2. The number of aromatic nitrogens is 2. The molecule has 1 aromatic carbocycles. The highest BCUT2D eigenvalue weighted by Gasteiger charge is 2.13. The van der Waals surface area contributed by atoms with Crippen molar-refractivity contribution in [3.8, 4) is 5.75 Å². The summed E-state index contributed by atoms with van der Waals surface area (Å²) in [6.07, 6.45) is 0. The summed E-state index contributed by atoms with van der Waals surface area (Å²) >= 11 is 2.81. The van der Waals surface area contributed by atoms with Crippen LogP contribution in [-0.4, -0.2) is 34.5 Å². The molecule has 0 aliphatic heterocycles. The van der Waals surface area contributed by atoms with E-state index >= 15 is 0 Å². The predicted molar refractivity (Wildman–Crippen MR) is 104 cm³/mol. The molecule has 2 rings (SSSR count). The van der Waals surface area contributed by atoms with Crippen LogP contribution in [0.2, 0.25) is 0 Å². The van der Waals surface area contributed by atoms with Crippen LogP contribution in [0.1, 0.15) is 27.7 Å². The van der Waals surface area contributed by atoms with Crippen LogP contribution in [0.25, 0.3) is 0 Å². The van der Waals surface area contributed by atoms with Crippen LogP contribution in [0.4, 0.5) is 10.8 Å². The van der Waals surface area contributed by atoms with Gasteiger partial charge in [0.2, 0.25) is 11.0 Å². The lowest BCUT2D eigenvalue weighted by Crippen LogP contribution is -2.37. The molecule has 1 heterocycles. The molecule has 0 saturated carbocycles. The lowest BCUT2D eigenvalue weighted by Gasteiger charge is -2.16. The summed E-state index contributed by atoms with van der Waals surface area (Å²) in [4.78, 5) is 11.9. The number of rotatable bonds is 9. The van der Waals surface area contributed by atoms with Gasteiger partial charge in [0, 0.05) is 6.04 Å². The monoisotopic (exact) mass is 380 g/mol. The van der Waals surface area contributed by atoms with Gasteiger partial charge in [-0.25, -0.2) is 0 Å². The molecule has 1 atom stereocenters. The van der Waals surface area contributed by atoms with E-state index in [1.165, 1.54) is 23.1 Å². The van der Waals surface area contributed by atoms with Gasteiger partial charge in [0.15, 0.2) is 4.34 Å². The van der Waals surface area contributed by atoms with Gasteiger partial charge in [0.1, 0.15) is 5.75 Å². The fourth-order valence-electron chi connectivity index (χ4n) is 1.87. The third-order valence-electron chi connectivity index (χ3n) is 3.55. The highest BCUT2D eigenvalue weighted by molar-refractivity contribution is 8.01. The van der Waals surface area contributed by atoms with E-state index in [-0.39, 0.29) is 11.9 Å². The van der Waals surface area contributed by atoms with Crippen LogP contribution in [0.5, 0.6) is 5.75 Å². The minimum atomic E-state index is 0.0117. The zero-order valence-electron chi connectivity index (χ0n) is 14.9. The average molecular weight is 381 g/mol. The number of nitrogens with one attached hydrogen (secondary N) is 2. The Morgan fingerprint density at radius 1 is 1.28 bits per heavy atom. The summed E-state index contributed by atoms with van der Waals surface area (Å²) < 4.78 is 6.34. The van der Waals surface area contributed by atoms with Gasteiger partial charge in [-0.3, -0.25) is 4.79 Å². The van der Waals surface area contributed by atoms with Crippen LogP contribution in [-0.2, 0) is 4.79 Å². The summed E-state index contributed by atoms with van der Waals surface area (Å²) in [5.41, 5.74) is 0.848. The first-order valence-corrected chi connectivity index (χ1v) is 10.0. The van der Waals surface area contributed by atoms with Gasteiger partial charge in [-0.05, 0) is 31.9 Å². The SMILES string of the molecule is CCOc1ccccc1Nc1nnc(SCC(=O)N[C@H](C)C(C)C)s1. The van der Waals surface area contributed by atoms with Crippen molar-refractivity contribution in [1.82, 2.24) is 15.5 Å². The Morgan fingerprint density at radius 2 is 2.04 bits per heavy atom. The number of nitrogens with zero attached hydrogens (tertiary/aromatic N) is 2. The normalized spacial score (nSPS) is 12.0. The summed E-state index contributed by atoms with van der Waals surface area (Å²) in [6, 6.07) is 7.86. The molecule has 0 spiro atoms. The van der Waals surface area contributed by atoms with Crippen LogP contribution < -0.4 is 15.4 Å². The minimum Gasteiger partial charge on any atom is -0.492 e. The largest absolute Gasteiger partial charge is 0.492 e. The Kier molecular flexibility index (Phi) is 7.52. The molecule has 25 heavy (non-hydrogen) atoms. The van der Waals surface area contributed by atoms with E-state index in [1.807, 2.05) is 38.1 Å². The molecule has 0 aliphatic carbocycles. The molecule has 2 aromatic rings. The van der Waals surface area contributed by atoms with E-state index in [4.69, 9.17) is 4.74 Å². The minimum absolute atomic E-state index is 0.0117. The van der Waals surface area contributed by atoms with Gasteiger partial charge >= 0.3 is 0 Å². The van der Waals surface area contributed by atoms with E-state index < -0.39 is 0 Å². The van der Waals surface area contributed by atoms with Crippen molar-refractivity contribution in [3.05, 3.63) is 24.3 Å². The number of hydrogen-bond donors (Lipinski definition) is 2. The fourth-order valence-corrected chi connectivity index (χ4v) is 3.45. The number of carbonyl (C=O) groups is 1. The van der Waals surface area contributed by atoms with Crippen molar-refractivity contribution in [2.75, 3.05) is 17.7 Å². The van der Waals surface area contributed by atoms with Crippen LogP contribution in [0, 0.1) is 5.92 Å². The molecule has 0 unspecified atom stereocenters. The molecule has 1 amide bonds. The van der Waals surface area contributed by atoms with Gasteiger partial charge in [-0.2, -0.15) is 0 Å². The topological polar surface area (TPSA) is 76.1 Å². The first-order valence-electron chi connectivity index (χ1n) is 8.24. The Morgan fingerprint density at radius 3 is 2.76 bits per heavy atom. The lowest BCUT2D eigenvalue weighted by atomic mass is 10.1. The first-order chi connectivity index (χ1) is 12.0. The predicted octanol–water partition coefficient (Wildman–Crippen LogP) is 3.93. The fraction of sp³-hybridized carbons (Fsp3) is 0.471. The highest BCUT2D eigenvalue weighted by Crippen LogP contribution is 2.31. The maximum Gasteiger partial charge on any atom is 0.230 e. The number of carbonyl (C=O) groups excluding carboxylic acids is 1. The average Bonchev–Trinajstić information content (AvgIpc) is 3.02. The standard InChI is InChI=1S/C17H24N4O2S2/c1-5-23-14-9-7-6-8-13(14)19-16-20-21-17(25-16)24-10-15(22)18-12(4)11(2)3/h6-9,11-12H,5,10H2,1-4H3,(H,18,22)(H,19,20)/t12-/m1/s1. The molecular weight excluding hydrogens is 356 g/mol. The van der Waals surface area contributed by atoms with E-state index in [2.05, 4.69) is 34.7 Å². The molecule has 0 aliphatic rings.